The molecule has 0 spiro atoms. The zero-order valence-electron chi connectivity index (χ0n) is 9.70. The van der Waals surface area contributed by atoms with Crippen LogP contribution >= 0.6 is 0 Å². The molecule has 0 saturated heterocycles. The van der Waals surface area contributed by atoms with Crippen molar-refractivity contribution < 1.29 is 0 Å². The third-order valence-electron chi connectivity index (χ3n) is 2.52. The van der Waals surface area contributed by atoms with E-state index in [4.69, 9.17) is 5.73 Å². The maximum atomic E-state index is 5.81. The molecule has 0 aromatic heterocycles. The summed E-state index contributed by atoms with van der Waals surface area (Å²) < 4.78 is 0. The minimum atomic E-state index is 0.0211. The van der Waals surface area contributed by atoms with Crippen LogP contribution in [0.15, 0.2) is 18.2 Å². The SMILES string of the molecule is CN1NN(C(C)(C)C)c2cc(N)ccc21. The lowest BCUT2D eigenvalue weighted by Gasteiger charge is -2.33. The van der Waals surface area contributed by atoms with Crippen molar-refractivity contribution in [3.63, 3.8) is 0 Å². The summed E-state index contributed by atoms with van der Waals surface area (Å²) in [6.07, 6.45) is 0. The van der Waals surface area contributed by atoms with Crippen LogP contribution < -0.4 is 21.3 Å². The summed E-state index contributed by atoms with van der Waals surface area (Å²) >= 11 is 0. The van der Waals surface area contributed by atoms with Crippen LogP contribution in [0.1, 0.15) is 20.8 Å². The zero-order chi connectivity index (χ0) is 11.2. The van der Waals surface area contributed by atoms with Gasteiger partial charge in [0.15, 0.2) is 0 Å². The van der Waals surface area contributed by atoms with Crippen molar-refractivity contribution in [1.82, 2.24) is 5.53 Å². The van der Waals surface area contributed by atoms with Crippen molar-refractivity contribution in [2.75, 3.05) is 22.8 Å². The highest BCUT2D eigenvalue weighted by molar-refractivity contribution is 5.78. The van der Waals surface area contributed by atoms with Crippen molar-refractivity contribution in [3.05, 3.63) is 18.2 Å². The summed E-state index contributed by atoms with van der Waals surface area (Å²) in [5.41, 5.74) is 12.2. The Labute approximate surface area is 90.6 Å². The molecule has 1 heterocycles. The van der Waals surface area contributed by atoms with Gasteiger partial charge in [0.25, 0.3) is 0 Å². The summed E-state index contributed by atoms with van der Waals surface area (Å²) in [5, 5.41) is 4.12. The van der Waals surface area contributed by atoms with Gasteiger partial charge in [-0.05, 0) is 39.0 Å². The molecule has 0 amide bonds. The fourth-order valence-electron chi connectivity index (χ4n) is 1.77. The standard InChI is InChI=1S/C11H18N4/c1-11(2,3)15-10-7-8(12)5-6-9(10)14(4)13-15/h5-7,13H,12H2,1-4H3. The summed E-state index contributed by atoms with van der Waals surface area (Å²) in [4.78, 5) is 0. The Hall–Kier alpha value is -1.42. The second-order valence-electron chi connectivity index (χ2n) is 4.91. The summed E-state index contributed by atoms with van der Waals surface area (Å²) in [7, 11) is 2.00. The van der Waals surface area contributed by atoms with Crippen molar-refractivity contribution in [2.45, 2.75) is 26.3 Å². The Morgan fingerprint density at radius 3 is 2.47 bits per heavy atom. The van der Waals surface area contributed by atoms with Crippen molar-refractivity contribution in [3.8, 4) is 0 Å². The first kappa shape index (κ1) is 10.1. The number of anilines is 3. The molecule has 4 nitrogen and oxygen atoms in total. The largest absolute Gasteiger partial charge is 0.399 e. The van der Waals surface area contributed by atoms with E-state index in [2.05, 4.69) is 31.3 Å². The number of nitrogens with one attached hydrogen (secondary N) is 1. The molecule has 0 fully saturated rings. The second kappa shape index (κ2) is 3.03. The lowest BCUT2D eigenvalue weighted by molar-refractivity contribution is 0.453. The Kier molecular flexibility index (Phi) is 2.04. The van der Waals surface area contributed by atoms with Crippen molar-refractivity contribution in [2.24, 2.45) is 0 Å². The normalized spacial score (nSPS) is 15.7. The van der Waals surface area contributed by atoms with Crippen LogP contribution in [0, 0.1) is 0 Å². The van der Waals surface area contributed by atoms with Gasteiger partial charge in [0.05, 0.1) is 11.4 Å². The van der Waals surface area contributed by atoms with Gasteiger partial charge in [0.2, 0.25) is 0 Å². The number of fused-ring (bicyclic) bond motifs is 1. The first-order valence-corrected chi connectivity index (χ1v) is 5.09. The number of hydrogen-bond donors (Lipinski definition) is 2. The smallest absolute Gasteiger partial charge is 0.0812 e. The Morgan fingerprint density at radius 2 is 1.87 bits per heavy atom. The Bertz CT molecular complexity index is 381. The number of rotatable bonds is 0. The molecule has 4 heteroatoms. The van der Waals surface area contributed by atoms with Crippen molar-refractivity contribution in [1.29, 1.82) is 0 Å². The number of benzene rings is 1. The van der Waals surface area contributed by atoms with E-state index < -0.39 is 0 Å². The first-order valence-electron chi connectivity index (χ1n) is 5.09. The Balaban J connectivity index is 2.49. The highest BCUT2D eigenvalue weighted by Gasteiger charge is 2.31. The van der Waals surface area contributed by atoms with Gasteiger partial charge in [-0.15, -0.1) is 5.53 Å². The molecule has 1 aliphatic rings. The fraction of sp³-hybridized carbons (Fsp3) is 0.455. The van der Waals surface area contributed by atoms with E-state index in [0.29, 0.717) is 0 Å². The molecule has 1 aromatic rings. The van der Waals surface area contributed by atoms with Gasteiger partial charge in [-0.2, -0.15) is 0 Å². The van der Waals surface area contributed by atoms with Gasteiger partial charge in [-0.1, -0.05) is 0 Å². The summed E-state index contributed by atoms with van der Waals surface area (Å²) in [6, 6.07) is 5.95. The maximum Gasteiger partial charge on any atom is 0.0812 e. The summed E-state index contributed by atoms with van der Waals surface area (Å²) in [5.74, 6) is 0. The molecule has 82 valence electrons. The van der Waals surface area contributed by atoms with Gasteiger partial charge in [0.1, 0.15) is 0 Å². The van der Waals surface area contributed by atoms with Gasteiger partial charge in [-0.3, -0.25) is 10.0 Å². The van der Waals surface area contributed by atoms with Crippen LogP contribution in [0.5, 0.6) is 0 Å². The minimum Gasteiger partial charge on any atom is -0.399 e. The van der Waals surface area contributed by atoms with Crippen LogP contribution in [0.2, 0.25) is 0 Å². The fourth-order valence-corrected chi connectivity index (χ4v) is 1.77. The van der Waals surface area contributed by atoms with E-state index in [1.165, 1.54) is 0 Å². The highest BCUT2D eigenvalue weighted by atomic mass is 15.8. The minimum absolute atomic E-state index is 0.0211. The van der Waals surface area contributed by atoms with Crippen LogP contribution in [0.4, 0.5) is 17.1 Å². The molecule has 1 aromatic carbocycles. The van der Waals surface area contributed by atoms with E-state index in [1.807, 2.05) is 30.3 Å². The predicted molar refractivity (Wildman–Crippen MR) is 64.6 cm³/mol. The Morgan fingerprint density at radius 1 is 1.20 bits per heavy atom. The van der Waals surface area contributed by atoms with E-state index >= 15 is 0 Å². The molecule has 0 saturated carbocycles. The van der Waals surface area contributed by atoms with E-state index in [0.717, 1.165) is 17.1 Å². The first-order chi connectivity index (χ1) is 6.89. The predicted octanol–water partition coefficient (Wildman–Crippen LogP) is 1.74. The van der Waals surface area contributed by atoms with Crippen LogP contribution in [0.25, 0.3) is 0 Å². The summed E-state index contributed by atoms with van der Waals surface area (Å²) in [6.45, 7) is 6.48. The molecule has 0 bridgehead atoms. The highest BCUT2D eigenvalue weighted by Crippen LogP contribution is 2.37. The molecule has 0 atom stereocenters. The zero-order valence-corrected chi connectivity index (χ0v) is 9.70. The lowest BCUT2D eigenvalue weighted by atomic mass is 10.1. The lowest BCUT2D eigenvalue weighted by Crippen LogP contribution is -2.52. The van der Waals surface area contributed by atoms with Crippen LogP contribution in [-0.2, 0) is 0 Å². The van der Waals surface area contributed by atoms with E-state index in [9.17, 15) is 0 Å². The third kappa shape index (κ3) is 1.61. The quantitative estimate of drug-likeness (QED) is 0.635. The van der Waals surface area contributed by atoms with Gasteiger partial charge in [0, 0.05) is 18.3 Å². The molecule has 1 aliphatic heterocycles. The third-order valence-corrected chi connectivity index (χ3v) is 2.52. The number of nitrogens with two attached hydrogens (primary N) is 1. The van der Waals surface area contributed by atoms with Crippen LogP contribution in [0.3, 0.4) is 0 Å². The molecule has 0 aliphatic carbocycles. The molecule has 2 rings (SSSR count). The molecule has 0 unspecified atom stereocenters. The molecular weight excluding hydrogens is 188 g/mol. The van der Waals surface area contributed by atoms with Crippen LogP contribution in [-0.4, -0.2) is 12.6 Å². The monoisotopic (exact) mass is 206 g/mol. The topological polar surface area (TPSA) is 44.5 Å². The van der Waals surface area contributed by atoms with Gasteiger partial charge < -0.3 is 5.73 Å². The van der Waals surface area contributed by atoms with E-state index in [-0.39, 0.29) is 5.54 Å². The second-order valence-corrected chi connectivity index (χ2v) is 4.91. The number of hydrazine groups is 2. The molecule has 3 N–H and O–H groups in total. The molecule has 15 heavy (non-hydrogen) atoms. The van der Waals surface area contributed by atoms with Crippen molar-refractivity contribution >= 4 is 17.1 Å². The number of hydrogen-bond acceptors (Lipinski definition) is 4. The average molecular weight is 206 g/mol. The van der Waals surface area contributed by atoms with E-state index in [1.54, 1.807) is 0 Å². The van der Waals surface area contributed by atoms with Gasteiger partial charge in [-0.25, -0.2) is 0 Å². The average Bonchev–Trinajstić information content (AvgIpc) is 2.42. The molecular formula is C11H18N4. The maximum absolute atomic E-state index is 5.81. The number of nitrogens with zero attached hydrogens (tertiary/aromatic N) is 2. The van der Waals surface area contributed by atoms with Gasteiger partial charge >= 0.3 is 0 Å². The number of nitrogen functional groups attached to an aromatic ring is 1. The molecule has 0 radical (unpaired) electrons.